The molecule has 4 aromatic carbocycles. The predicted molar refractivity (Wildman–Crippen MR) is 139 cm³/mol. The fraction of sp³-hybridized carbons (Fsp3) is 0.0645. The van der Waals surface area contributed by atoms with Crippen molar-refractivity contribution in [2.75, 3.05) is 5.32 Å². The van der Waals surface area contributed by atoms with Crippen LogP contribution in [0.25, 0.3) is 11.1 Å². The first-order valence-electron chi connectivity index (χ1n) is 11.8. The molecule has 0 saturated heterocycles. The van der Waals surface area contributed by atoms with Gasteiger partial charge < -0.3 is 10.1 Å². The molecule has 1 aliphatic heterocycles. The van der Waals surface area contributed by atoms with Crippen molar-refractivity contribution in [1.29, 1.82) is 5.26 Å². The van der Waals surface area contributed by atoms with Crippen LogP contribution in [0.15, 0.2) is 103 Å². The summed E-state index contributed by atoms with van der Waals surface area (Å²) in [5.74, 6) is -5.17. The first-order valence-corrected chi connectivity index (χ1v) is 11.8. The van der Waals surface area contributed by atoms with Crippen LogP contribution in [0, 0.1) is 17.2 Å². The second-order valence-corrected chi connectivity index (χ2v) is 8.64. The first-order chi connectivity index (χ1) is 18.5. The minimum atomic E-state index is -1.65. The van der Waals surface area contributed by atoms with Gasteiger partial charge in [0, 0.05) is 11.1 Å². The normalized spacial score (nSPS) is 14.5. The van der Waals surface area contributed by atoms with E-state index in [9.17, 15) is 24.4 Å². The number of rotatable bonds is 7. The standard InChI is InChI=1S/C31H20N2O5/c32-18-20-12-4-9-17-25(20)33-30(36)28(35)26(29-23-15-7-8-16-24(23)31(37)38-29)27(34)22-14-6-5-13-21(22)19-10-2-1-3-11-19/h1-17,26,29H,(H,33,36)/t26-,29-/m1/s1. The lowest BCUT2D eigenvalue weighted by Gasteiger charge is -2.22. The molecule has 0 bridgehead atoms. The van der Waals surface area contributed by atoms with Crippen LogP contribution in [0.2, 0.25) is 0 Å². The third-order valence-corrected chi connectivity index (χ3v) is 6.39. The summed E-state index contributed by atoms with van der Waals surface area (Å²) in [5.41, 5.74) is 2.41. The van der Waals surface area contributed by atoms with Crippen molar-refractivity contribution in [2.24, 2.45) is 5.92 Å². The number of fused-ring (bicyclic) bond motifs is 1. The van der Waals surface area contributed by atoms with Crippen LogP contribution in [0.1, 0.15) is 37.9 Å². The molecule has 7 nitrogen and oxygen atoms in total. The molecule has 0 aliphatic carbocycles. The van der Waals surface area contributed by atoms with Gasteiger partial charge in [0.15, 0.2) is 5.78 Å². The smallest absolute Gasteiger partial charge is 0.339 e. The van der Waals surface area contributed by atoms with E-state index in [-0.39, 0.29) is 22.4 Å². The highest BCUT2D eigenvalue weighted by atomic mass is 16.5. The molecule has 0 radical (unpaired) electrons. The summed E-state index contributed by atoms with van der Waals surface area (Å²) >= 11 is 0. The summed E-state index contributed by atoms with van der Waals surface area (Å²) in [6.07, 6.45) is -1.29. The average molecular weight is 501 g/mol. The Morgan fingerprint density at radius 1 is 0.789 bits per heavy atom. The van der Waals surface area contributed by atoms with Crippen LogP contribution in [0.5, 0.6) is 0 Å². The number of nitrogens with zero attached hydrogens (tertiary/aromatic N) is 1. The van der Waals surface area contributed by atoms with Crippen LogP contribution in [-0.4, -0.2) is 23.4 Å². The Balaban J connectivity index is 1.59. The van der Waals surface area contributed by atoms with Crippen LogP contribution >= 0.6 is 0 Å². The van der Waals surface area contributed by atoms with Crippen LogP contribution < -0.4 is 5.32 Å². The number of cyclic esters (lactones) is 1. The van der Waals surface area contributed by atoms with E-state index in [0.717, 1.165) is 5.56 Å². The maximum atomic E-state index is 14.1. The number of esters is 1. The third kappa shape index (κ3) is 4.47. The average Bonchev–Trinajstić information content (AvgIpc) is 3.29. The van der Waals surface area contributed by atoms with E-state index in [0.29, 0.717) is 11.1 Å². The Labute approximate surface area is 218 Å². The molecule has 0 fully saturated rings. The summed E-state index contributed by atoms with van der Waals surface area (Å²) in [7, 11) is 0. The SMILES string of the molecule is N#Cc1ccccc1NC(=O)C(=O)[C@@H](C(=O)c1ccccc1-c1ccccc1)[C@@H]1OC(=O)c2ccccc21. The number of amides is 1. The van der Waals surface area contributed by atoms with E-state index in [1.165, 1.54) is 12.1 Å². The van der Waals surface area contributed by atoms with Gasteiger partial charge in [0.1, 0.15) is 18.1 Å². The monoisotopic (exact) mass is 500 g/mol. The zero-order chi connectivity index (χ0) is 26.6. The maximum absolute atomic E-state index is 14.1. The molecular weight excluding hydrogens is 480 g/mol. The predicted octanol–water partition coefficient (Wildman–Crippen LogP) is 5.14. The van der Waals surface area contributed by atoms with Crippen molar-refractivity contribution in [3.63, 3.8) is 0 Å². The van der Waals surface area contributed by atoms with Crippen molar-refractivity contribution in [3.05, 3.63) is 125 Å². The number of nitrogens with one attached hydrogen (secondary N) is 1. The molecule has 184 valence electrons. The molecule has 0 saturated carbocycles. The van der Waals surface area contributed by atoms with E-state index in [4.69, 9.17) is 4.74 Å². The van der Waals surface area contributed by atoms with Gasteiger partial charge in [0.05, 0.1) is 16.8 Å². The number of Topliss-reactive ketones (excluding diaryl/α,β-unsaturated/α-hetero) is 2. The van der Waals surface area contributed by atoms with Gasteiger partial charge in [-0.3, -0.25) is 14.4 Å². The number of carbonyl (C=O) groups is 4. The zero-order valence-electron chi connectivity index (χ0n) is 20.0. The molecule has 0 aromatic heterocycles. The summed E-state index contributed by atoms with van der Waals surface area (Å²) in [6, 6.07) is 30.6. The fourth-order valence-electron chi connectivity index (χ4n) is 4.56. The number of nitriles is 1. The highest BCUT2D eigenvalue weighted by Crippen LogP contribution is 2.39. The lowest BCUT2D eigenvalue weighted by atomic mass is 9.82. The Morgan fingerprint density at radius 3 is 2.18 bits per heavy atom. The number of ketones is 2. The van der Waals surface area contributed by atoms with Gasteiger partial charge >= 0.3 is 5.97 Å². The highest BCUT2D eigenvalue weighted by molar-refractivity contribution is 6.45. The Morgan fingerprint density at radius 2 is 1.42 bits per heavy atom. The number of hydrogen-bond acceptors (Lipinski definition) is 6. The van der Waals surface area contributed by atoms with Crippen molar-refractivity contribution in [1.82, 2.24) is 0 Å². The molecule has 5 rings (SSSR count). The minimum Gasteiger partial charge on any atom is -0.453 e. The quantitative estimate of drug-likeness (QED) is 0.163. The lowest BCUT2D eigenvalue weighted by molar-refractivity contribution is -0.138. The molecule has 0 unspecified atom stereocenters. The first kappa shape index (κ1) is 24.3. The van der Waals surface area contributed by atoms with E-state index < -0.39 is 35.5 Å². The topological polar surface area (TPSA) is 113 Å². The van der Waals surface area contributed by atoms with E-state index in [2.05, 4.69) is 5.32 Å². The number of anilines is 1. The molecule has 7 heteroatoms. The molecule has 38 heavy (non-hydrogen) atoms. The van der Waals surface area contributed by atoms with Crippen LogP contribution in [-0.2, 0) is 14.3 Å². The van der Waals surface area contributed by atoms with Crippen LogP contribution in [0.4, 0.5) is 5.69 Å². The van der Waals surface area contributed by atoms with Crippen LogP contribution in [0.3, 0.4) is 0 Å². The van der Waals surface area contributed by atoms with Crippen molar-refractivity contribution in [2.45, 2.75) is 6.10 Å². The molecular formula is C31H20N2O5. The summed E-state index contributed by atoms with van der Waals surface area (Å²) in [4.78, 5) is 53.6. The molecule has 1 heterocycles. The van der Waals surface area contributed by atoms with Crippen molar-refractivity contribution < 1.29 is 23.9 Å². The summed E-state index contributed by atoms with van der Waals surface area (Å²) in [6.45, 7) is 0. The Kier molecular flexibility index (Phi) is 6.62. The van der Waals surface area contributed by atoms with Gasteiger partial charge in [-0.25, -0.2) is 4.79 Å². The highest BCUT2D eigenvalue weighted by Gasteiger charge is 2.46. The Hall–Kier alpha value is -5.35. The summed E-state index contributed by atoms with van der Waals surface area (Å²) in [5, 5.41) is 11.8. The van der Waals surface area contributed by atoms with Crippen molar-refractivity contribution in [3.8, 4) is 17.2 Å². The molecule has 4 aromatic rings. The number of para-hydroxylation sites is 1. The van der Waals surface area contributed by atoms with Gasteiger partial charge in [0.2, 0.25) is 5.78 Å². The molecule has 0 spiro atoms. The van der Waals surface area contributed by atoms with E-state index in [1.807, 2.05) is 36.4 Å². The zero-order valence-corrected chi connectivity index (χ0v) is 20.0. The van der Waals surface area contributed by atoms with Gasteiger partial charge in [-0.15, -0.1) is 0 Å². The maximum Gasteiger partial charge on any atom is 0.339 e. The fourth-order valence-corrected chi connectivity index (χ4v) is 4.56. The molecule has 2 atom stereocenters. The van der Waals surface area contributed by atoms with Crippen molar-refractivity contribution >= 4 is 29.1 Å². The van der Waals surface area contributed by atoms with Gasteiger partial charge in [0.25, 0.3) is 5.91 Å². The summed E-state index contributed by atoms with van der Waals surface area (Å²) < 4.78 is 5.54. The number of benzene rings is 4. The van der Waals surface area contributed by atoms with Gasteiger partial charge in [-0.05, 0) is 29.3 Å². The Bertz CT molecular complexity index is 1620. The van der Waals surface area contributed by atoms with E-state index >= 15 is 0 Å². The third-order valence-electron chi connectivity index (χ3n) is 6.39. The lowest BCUT2D eigenvalue weighted by Crippen LogP contribution is -2.38. The van der Waals surface area contributed by atoms with Gasteiger partial charge in [-0.2, -0.15) is 5.26 Å². The largest absolute Gasteiger partial charge is 0.453 e. The molecule has 1 aliphatic rings. The minimum absolute atomic E-state index is 0.132. The molecule has 1 N–H and O–H groups in total. The second-order valence-electron chi connectivity index (χ2n) is 8.64. The number of hydrogen-bond donors (Lipinski definition) is 1. The number of carbonyl (C=O) groups excluding carboxylic acids is 4. The number of ether oxygens (including phenoxy) is 1. The van der Waals surface area contributed by atoms with E-state index in [1.54, 1.807) is 60.7 Å². The van der Waals surface area contributed by atoms with Gasteiger partial charge in [-0.1, -0.05) is 84.9 Å². The second kappa shape index (κ2) is 10.3. The molecule has 1 amide bonds.